The van der Waals surface area contributed by atoms with Gasteiger partial charge < -0.3 is 10.3 Å². The molecule has 2 heterocycles. The van der Waals surface area contributed by atoms with Gasteiger partial charge in [0.25, 0.3) is 0 Å². The third-order valence-electron chi connectivity index (χ3n) is 5.42. The number of fused-ring (bicyclic) bond motifs is 1. The molecule has 0 bridgehead atoms. The molecule has 1 aromatic heterocycles. The van der Waals surface area contributed by atoms with Gasteiger partial charge in [-0.2, -0.15) is 0 Å². The van der Waals surface area contributed by atoms with E-state index in [1.165, 1.54) is 48.0 Å². The van der Waals surface area contributed by atoms with Crippen molar-refractivity contribution < 1.29 is 0 Å². The summed E-state index contributed by atoms with van der Waals surface area (Å²) in [6, 6.07) is 19.4. The monoisotopic (exact) mass is 333 g/mol. The summed E-state index contributed by atoms with van der Waals surface area (Å²) in [5.41, 5.74) is 4.18. The lowest BCUT2D eigenvalue weighted by Crippen LogP contribution is -2.40. The Bertz CT molecular complexity index is 785. The normalized spacial score (nSPS) is 16.5. The highest BCUT2D eigenvalue weighted by Gasteiger charge is 2.22. The van der Waals surface area contributed by atoms with Gasteiger partial charge in [-0.25, -0.2) is 0 Å². The molecule has 0 radical (unpaired) electrons. The van der Waals surface area contributed by atoms with Crippen LogP contribution in [0.4, 0.5) is 0 Å². The van der Waals surface area contributed by atoms with E-state index in [1.54, 1.807) is 0 Å². The first kappa shape index (κ1) is 16.4. The van der Waals surface area contributed by atoms with Crippen molar-refractivity contribution in [1.82, 2.24) is 15.2 Å². The first-order chi connectivity index (χ1) is 12.4. The number of nitrogens with zero attached hydrogens (tertiary/aromatic N) is 1. The summed E-state index contributed by atoms with van der Waals surface area (Å²) in [4.78, 5) is 5.98. The number of H-pyrrole nitrogens is 1. The number of hydrogen-bond donors (Lipinski definition) is 2. The van der Waals surface area contributed by atoms with Crippen molar-refractivity contribution in [1.29, 1.82) is 0 Å². The quantitative estimate of drug-likeness (QED) is 0.664. The molecule has 0 aliphatic carbocycles. The van der Waals surface area contributed by atoms with E-state index in [-0.39, 0.29) is 0 Å². The topological polar surface area (TPSA) is 31.1 Å². The molecular formula is C22H27N3. The predicted octanol–water partition coefficient (Wildman–Crippen LogP) is 4.14. The molecule has 1 aliphatic rings. The number of aromatic nitrogens is 1. The fraction of sp³-hybridized carbons (Fsp3) is 0.364. The summed E-state index contributed by atoms with van der Waals surface area (Å²) in [5, 5.41) is 5.01. The molecule has 4 rings (SSSR count). The summed E-state index contributed by atoms with van der Waals surface area (Å²) < 4.78 is 0. The van der Waals surface area contributed by atoms with E-state index in [2.05, 4.69) is 76.0 Å². The first-order valence-corrected chi connectivity index (χ1v) is 9.43. The second-order valence-electron chi connectivity index (χ2n) is 7.08. The van der Waals surface area contributed by atoms with Crippen molar-refractivity contribution in [2.24, 2.45) is 0 Å². The summed E-state index contributed by atoms with van der Waals surface area (Å²) in [5.74, 6) is 0.691. The van der Waals surface area contributed by atoms with Gasteiger partial charge in [-0.15, -0.1) is 0 Å². The summed E-state index contributed by atoms with van der Waals surface area (Å²) in [6.45, 7) is 4.42. The summed E-state index contributed by atoms with van der Waals surface area (Å²) >= 11 is 0. The molecule has 1 fully saturated rings. The minimum atomic E-state index is 0.691. The highest BCUT2D eigenvalue weighted by Crippen LogP contribution is 2.32. The van der Waals surface area contributed by atoms with Crippen molar-refractivity contribution in [3.63, 3.8) is 0 Å². The molecule has 130 valence electrons. The lowest BCUT2D eigenvalue weighted by Gasteiger charge is -2.32. The molecule has 1 saturated heterocycles. The van der Waals surface area contributed by atoms with Crippen molar-refractivity contribution >= 4 is 10.9 Å². The van der Waals surface area contributed by atoms with Gasteiger partial charge in [0.05, 0.1) is 0 Å². The van der Waals surface area contributed by atoms with Crippen LogP contribution in [0.2, 0.25) is 0 Å². The van der Waals surface area contributed by atoms with E-state index < -0.39 is 0 Å². The van der Waals surface area contributed by atoms with E-state index in [0.29, 0.717) is 5.92 Å². The Balaban J connectivity index is 1.23. The maximum atomic E-state index is 3.60. The van der Waals surface area contributed by atoms with Gasteiger partial charge in [0.2, 0.25) is 0 Å². The van der Waals surface area contributed by atoms with Crippen LogP contribution in [0.5, 0.6) is 0 Å². The number of rotatable bonds is 6. The van der Waals surface area contributed by atoms with E-state index >= 15 is 0 Å². The van der Waals surface area contributed by atoms with Crippen LogP contribution in [0.15, 0.2) is 60.8 Å². The zero-order valence-electron chi connectivity index (χ0n) is 14.7. The number of nitrogens with one attached hydrogen (secondary N) is 2. The number of hydrogen-bond acceptors (Lipinski definition) is 2. The smallest absolute Gasteiger partial charge is 0.0480 e. The van der Waals surface area contributed by atoms with Gasteiger partial charge in [0.15, 0.2) is 0 Å². The average molecular weight is 333 g/mol. The Morgan fingerprint density at radius 2 is 1.72 bits per heavy atom. The zero-order chi connectivity index (χ0) is 16.9. The molecule has 3 nitrogen and oxygen atoms in total. The molecule has 25 heavy (non-hydrogen) atoms. The lowest BCUT2D eigenvalue weighted by atomic mass is 9.89. The molecule has 3 aromatic rings. The Morgan fingerprint density at radius 1 is 0.960 bits per heavy atom. The average Bonchev–Trinajstić information content (AvgIpc) is 3.11. The van der Waals surface area contributed by atoms with Crippen LogP contribution in [0, 0.1) is 0 Å². The molecule has 2 N–H and O–H groups in total. The van der Waals surface area contributed by atoms with Gasteiger partial charge in [0.1, 0.15) is 0 Å². The minimum absolute atomic E-state index is 0.691. The molecule has 3 heteroatoms. The van der Waals surface area contributed by atoms with Crippen LogP contribution in [-0.4, -0.2) is 36.2 Å². The first-order valence-electron chi connectivity index (χ1n) is 9.43. The predicted molar refractivity (Wildman–Crippen MR) is 105 cm³/mol. The summed E-state index contributed by atoms with van der Waals surface area (Å²) in [6.07, 6.45) is 5.83. The Hall–Kier alpha value is -2.10. The maximum Gasteiger partial charge on any atom is 0.0480 e. The van der Waals surface area contributed by atoms with Gasteiger partial charge in [-0.1, -0.05) is 48.5 Å². The highest BCUT2D eigenvalue weighted by atomic mass is 15.2. The standard InChI is InChI=1S/C22H27N3/c1-2-6-18(7-3-1)10-13-23-17-25-14-11-19(12-15-25)21-16-24-22-9-5-4-8-20(21)22/h1-9,16,19,23-24H,10-15,17H2. The van der Waals surface area contributed by atoms with Crippen molar-refractivity contribution in [2.45, 2.75) is 25.2 Å². The second-order valence-corrected chi connectivity index (χ2v) is 7.08. The van der Waals surface area contributed by atoms with E-state index in [0.717, 1.165) is 19.6 Å². The van der Waals surface area contributed by atoms with Crippen LogP contribution >= 0.6 is 0 Å². The molecular weight excluding hydrogens is 306 g/mol. The second kappa shape index (κ2) is 7.85. The van der Waals surface area contributed by atoms with Crippen molar-refractivity contribution in [2.75, 3.05) is 26.3 Å². The van der Waals surface area contributed by atoms with Gasteiger partial charge in [-0.05, 0) is 55.5 Å². The van der Waals surface area contributed by atoms with Gasteiger partial charge in [-0.3, -0.25) is 4.90 Å². The largest absolute Gasteiger partial charge is 0.361 e. The van der Waals surface area contributed by atoms with Crippen molar-refractivity contribution in [3.8, 4) is 0 Å². The number of likely N-dealkylation sites (tertiary alicyclic amines) is 1. The molecule has 0 spiro atoms. The molecule has 1 aliphatic heterocycles. The van der Waals surface area contributed by atoms with Crippen LogP contribution < -0.4 is 5.32 Å². The van der Waals surface area contributed by atoms with E-state index in [4.69, 9.17) is 0 Å². The molecule has 0 amide bonds. The van der Waals surface area contributed by atoms with Crippen LogP contribution in [0.1, 0.15) is 29.9 Å². The van der Waals surface area contributed by atoms with Gasteiger partial charge >= 0.3 is 0 Å². The Morgan fingerprint density at radius 3 is 2.56 bits per heavy atom. The van der Waals surface area contributed by atoms with E-state index in [9.17, 15) is 0 Å². The minimum Gasteiger partial charge on any atom is -0.361 e. The zero-order valence-corrected chi connectivity index (χ0v) is 14.7. The third-order valence-corrected chi connectivity index (χ3v) is 5.42. The number of piperidine rings is 1. The third kappa shape index (κ3) is 3.94. The SMILES string of the molecule is c1ccc(CCNCN2CCC(c3c[nH]c4ccccc34)CC2)cc1. The molecule has 0 atom stereocenters. The van der Waals surface area contributed by atoms with Crippen LogP contribution in [0.3, 0.4) is 0 Å². The molecule has 2 aromatic carbocycles. The lowest BCUT2D eigenvalue weighted by molar-refractivity contribution is 0.199. The molecule has 0 unspecified atom stereocenters. The van der Waals surface area contributed by atoms with Gasteiger partial charge in [0, 0.05) is 30.3 Å². The fourth-order valence-corrected chi connectivity index (χ4v) is 3.95. The van der Waals surface area contributed by atoms with Crippen LogP contribution in [0.25, 0.3) is 10.9 Å². The van der Waals surface area contributed by atoms with E-state index in [1.807, 2.05) is 0 Å². The number of benzene rings is 2. The Labute approximate surface area is 150 Å². The summed E-state index contributed by atoms with van der Waals surface area (Å²) in [7, 11) is 0. The highest BCUT2D eigenvalue weighted by molar-refractivity contribution is 5.83. The maximum absolute atomic E-state index is 3.60. The fourth-order valence-electron chi connectivity index (χ4n) is 3.95. The molecule has 0 saturated carbocycles. The number of aromatic amines is 1. The van der Waals surface area contributed by atoms with Crippen molar-refractivity contribution in [3.05, 3.63) is 71.9 Å². The van der Waals surface area contributed by atoms with Crippen LogP contribution in [-0.2, 0) is 6.42 Å². The Kier molecular flexibility index (Phi) is 5.14. The number of para-hydroxylation sites is 1.